The average molecular weight is 408 g/mol. The van der Waals surface area contributed by atoms with Gasteiger partial charge in [0.1, 0.15) is 5.82 Å². The van der Waals surface area contributed by atoms with Crippen LogP contribution in [0.3, 0.4) is 0 Å². The van der Waals surface area contributed by atoms with Gasteiger partial charge >= 0.3 is 0 Å². The number of hydrogen-bond acceptors (Lipinski definition) is 4. The number of halogens is 2. The number of nitrogens with zero attached hydrogens (tertiary/aromatic N) is 1. The Morgan fingerprint density at radius 2 is 2.04 bits per heavy atom. The van der Waals surface area contributed by atoms with E-state index < -0.39 is 15.8 Å². The van der Waals surface area contributed by atoms with E-state index in [1.54, 1.807) is 0 Å². The minimum atomic E-state index is -3.65. The van der Waals surface area contributed by atoms with Crippen LogP contribution in [-0.2, 0) is 14.8 Å². The molecule has 26 heavy (non-hydrogen) atoms. The van der Waals surface area contributed by atoms with Crippen LogP contribution >= 0.6 is 12.4 Å². The summed E-state index contributed by atoms with van der Waals surface area (Å²) in [6.07, 6.45) is 2.85. The van der Waals surface area contributed by atoms with Crippen LogP contribution in [-0.4, -0.2) is 51.9 Å². The maximum absolute atomic E-state index is 12.9. The molecule has 1 fully saturated rings. The summed E-state index contributed by atoms with van der Waals surface area (Å²) in [5, 5.41) is 6.18. The number of carbonyl (C=O) groups is 1. The molecule has 0 spiro atoms. The molecule has 2 rings (SSSR count). The maximum Gasteiger partial charge on any atom is 0.242 e. The van der Waals surface area contributed by atoms with E-state index in [0.29, 0.717) is 18.9 Å². The maximum atomic E-state index is 12.9. The highest BCUT2D eigenvalue weighted by atomic mass is 35.5. The second kappa shape index (κ2) is 10.8. The van der Waals surface area contributed by atoms with Gasteiger partial charge in [-0.15, -0.1) is 12.4 Å². The molecule has 1 heterocycles. The Kier molecular flexibility index (Phi) is 9.49. The Balaban J connectivity index is 0.00000338. The molecule has 1 unspecified atom stereocenters. The predicted molar refractivity (Wildman–Crippen MR) is 101 cm³/mol. The molecule has 0 radical (unpaired) electrons. The fourth-order valence-corrected chi connectivity index (χ4v) is 4.04. The summed E-state index contributed by atoms with van der Waals surface area (Å²) in [5.41, 5.74) is 0. The molecule has 9 heteroatoms. The van der Waals surface area contributed by atoms with Gasteiger partial charge in [-0.25, -0.2) is 17.1 Å². The summed E-state index contributed by atoms with van der Waals surface area (Å²) in [6.45, 7) is 2.96. The summed E-state index contributed by atoms with van der Waals surface area (Å²) in [5.74, 6) is 0.0949. The molecule has 1 amide bonds. The summed E-state index contributed by atoms with van der Waals surface area (Å²) >= 11 is 0. The van der Waals surface area contributed by atoms with Crippen molar-refractivity contribution < 1.29 is 17.6 Å². The van der Waals surface area contributed by atoms with E-state index in [-0.39, 0.29) is 36.2 Å². The van der Waals surface area contributed by atoms with Crippen LogP contribution in [0.15, 0.2) is 29.2 Å². The number of benzene rings is 1. The highest BCUT2D eigenvalue weighted by Gasteiger charge is 2.20. The van der Waals surface area contributed by atoms with Gasteiger partial charge in [0.2, 0.25) is 15.9 Å². The molecule has 0 aliphatic carbocycles. The van der Waals surface area contributed by atoms with Crippen molar-refractivity contribution in [3.63, 3.8) is 0 Å². The zero-order chi connectivity index (χ0) is 18.3. The monoisotopic (exact) mass is 407 g/mol. The summed E-state index contributed by atoms with van der Waals surface area (Å²) in [6, 6.07) is 4.72. The van der Waals surface area contributed by atoms with E-state index in [0.717, 1.165) is 38.1 Å². The van der Waals surface area contributed by atoms with Gasteiger partial charge in [0.15, 0.2) is 0 Å². The second-order valence-electron chi connectivity index (χ2n) is 6.38. The first-order valence-electron chi connectivity index (χ1n) is 8.59. The molecular formula is C17H27ClFN3O3S. The lowest BCUT2D eigenvalue weighted by atomic mass is 10.1. The SMILES string of the molecule is CN(CCCC(=O)NCCC1CCNC1)S(=O)(=O)c1ccc(F)cc1.Cl. The Morgan fingerprint density at radius 1 is 1.35 bits per heavy atom. The molecule has 1 atom stereocenters. The van der Waals surface area contributed by atoms with Crippen molar-refractivity contribution in [2.24, 2.45) is 5.92 Å². The summed E-state index contributed by atoms with van der Waals surface area (Å²) in [4.78, 5) is 11.9. The third-order valence-electron chi connectivity index (χ3n) is 4.44. The van der Waals surface area contributed by atoms with Crippen molar-refractivity contribution in [3.05, 3.63) is 30.1 Å². The van der Waals surface area contributed by atoms with Crippen LogP contribution in [0.4, 0.5) is 4.39 Å². The van der Waals surface area contributed by atoms with Crippen LogP contribution < -0.4 is 10.6 Å². The van der Waals surface area contributed by atoms with Crippen LogP contribution in [0.2, 0.25) is 0 Å². The third-order valence-corrected chi connectivity index (χ3v) is 6.31. The molecular weight excluding hydrogens is 381 g/mol. The standard InChI is InChI=1S/C17H26FN3O3S.ClH/c1-21(25(23,24)16-6-4-15(18)5-7-16)12-2-3-17(22)20-11-9-14-8-10-19-13-14;/h4-7,14,19H,2-3,8-13H2,1H3,(H,20,22);1H. The highest BCUT2D eigenvalue weighted by Crippen LogP contribution is 2.15. The lowest BCUT2D eigenvalue weighted by Gasteiger charge is -2.17. The molecule has 1 aliphatic heterocycles. The molecule has 1 aromatic carbocycles. The average Bonchev–Trinajstić information content (AvgIpc) is 3.08. The Hall–Kier alpha value is -1.22. The minimum absolute atomic E-state index is 0. The lowest BCUT2D eigenvalue weighted by Crippen LogP contribution is -2.30. The van der Waals surface area contributed by atoms with Gasteiger partial charge in [0, 0.05) is 26.6 Å². The normalized spacial score (nSPS) is 17.1. The number of rotatable bonds is 9. The van der Waals surface area contributed by atoms with Crippen molar-refractivity contribution >= 4 is 28.3 Å². The number of amides is 1. The quantitative estimate of drug-likeness (QED) is 0.653. The predicted octanol–water partition coefficient (Wildman–Crippen LogP) is 1.76. The molecule has 2 N–H and O–H groups in total. The van der Waals surface area contributed by atoms with Gasteiger partial charge in [-0.3, -0.25) is 4.79 Å². The van der Waals surface area contributed by atoms with E-state index in [1.807, 2.05) is 0 Å². The first kappa shape index (κ1) is 22.8. The van der Waals surface area contributed by atoms with E-state index in [2.05, 4.69) is 10.6 Å². The van der Waals surface area contributed by atoms with Crippen molar-refractivity contribution in [3.8, 4) is 0 Å². The van der Waals surface area contributed by atoms with E-state index in [4.69, 9.17) is 0 Å². The van der Waals surface area contributed by atoms with Gasteiger partial charge < -0.3 is 10.6 Å². The molecule has 0 aromatic heterocycles. The molecule has 1 saturated heterocycles. The third kappa shape index (κ3) is 6.83. The van der Waals surface area contributed by atoms with Gasteiger partial charge in [0.05, 0.1) is 4.90 Å². The van der Waals surface area contributed by atoms with Crippen LogP contribution in [0.25, 0.3) is 0 Å². The Labute approximate surface area is 161 Å². The zero-order valence-corrected chi connectivity index (χ0v) is 16.5. The number of nitrogens with one attached hydrogen (secondary N) is 2. The first-order valence-corrected chi connectivity index (χ1v) is 10.0. The van der Waals surface area contributed by atoms with Crippen molar-refractivity contribution in [1.82, 2.24) is 14.9 Å². The largest absolute Gasteiger partial charge is 0.356 e. The summed E-state index contributed by atoms with van der Waals surface area (Å²) in [7, 11) is -2.19. The van der Waals surface area contributed by atoms with Gasteiger partial charge in [-0.1, -0.05) is 0 Å². The minimum Gasteiger partial charge on any atom is -0.356 e. The highest BCUT2D eigenvalue weighted by molar-refractivity contribution is 7.89. The number of carbonyl (C=O) groups excluding carboxylic acids is 1. The Bertz CT molecular complexity index is 664. The molecule has 0 saturated carbocycles. The zero-order valence-electron chi connectivity index (χ0n) is 14.9. The topological polar surface area (TPSA) is 78.5 Å². The van der Waals surface area contributed by atoms with Gasteiger partial charge in [-0.05, 0) is 62.5 Å². The number of sulfonamides is 1. The van der Waals surface area contributed by atoms with Gasteiger partial charge in [-0.2, -0.15) is 0 Å². The van der Waals surface area contributed by atoms with Crippen molar-refractivity contribution in [2.75, 3.05) is 33.2 Å². The number of hydrogen-bond donors (Lipinski definition) is 2. The second-order valence-corrected chi connectivity index (χ2v) is 8.43. The lowest BCUT2D eigenvalue weighted by molar-refractivity contribution is -0.121. The van der Waals surface area contributed by atoms with E-state index >= 15 is 0 Å². The molecule has 148 valence electrons. The molecule has 0 bridgehead atoms. The Morgan fingerprint density at radius 3 is 2.65 bits per heavy atom. The van der Waals surface area contributed by atoms with Crippen LogP contribution in [0.5, 0.6) is 0 Å². The van der Waals surface area contributed by atoms with Crippen LogP contribution in [0.1, 0.15) is 25.7 Å². The summed E-state index contributed by atoms with van der Waals surface area (Å²) < 4.78 is 38.8. The van der Waals surface area contributed by atoms with Crippen molar-refractivity contribution in [2.45, 2.75) is 30.6 Å². The van der Waals surface area contributed by atoms with Crippen LogP contribution in [0, 0.1) is 11.7 Å². The molecule has 1 aromatic rings. The van der Waals surface area contributed by atoms with Crippen molar-refractivity contribution in [1.29, 1.82) is 0 Å². The smallest absolute Gasteiger partial charge is 0.242 e. The fourth-order valence-electron chi connectivity index (χ4n) is 2.83. The van der Waals surface area contributed by atoms with E-state index in [9.17, 15) is 17.6 Å². The molecule has 1 aliphatic rings. The fraction of sp³-hybridized carbons (Fsp3) is 0.588. The van der Waals surface area contributed by atoms with E-state index in [1.165, 1.54) is 23.5 Å². The first-order chi connectivity index (χ1) is 11.9. The van der Waals surface area contributed by atoms with Gasteiger partial charge in [0.25, 0.3) is 0 Å². The molecule has 6 nitrogen and oxygen atoms in total.